The molecule has 1 fully saturated rings. The second kappa shape index (κ2) is 14.5. The first-order valence-electron chi connectivity index (χ1n) is 14.6. The van der Waals surface area contributed by atoms with Crippen molar-refractivity contribution in [1.29, 1.82) is 5.26 Å². The molecule has 2 atom stereocenters. The van der Waals surface area contributed by atoms with Gasteiger partial charge in [0.25, 0.3) is 11.8 Å². The number of pyridine rings is 1. The van der Waals surface area contributed by atoms with E-state index in [2.05, 4.69) is 28.1 Å². The second-order valence-electron chi connectivity index (χ2n) is 11.0. The molecule has 2 aromatic carbocycles. The molecule has 0 radical (unpaired) electrons. The lowest BCUT2D eigenvalue weighted by Gasteiger charge is -2.40. The van der Waals surface area contributed by atoms with Gasteiger partial charge in [-0.3, -0.25) is 19.3 Å². The highest BCUT2D eigenvalue weighted by Gasteiger charge is 2.31. The Morgan fingerprint density at radius 2 is 1.89 bits per heavy atom. The number of ether oxygens (including phenoxy) is 1. The van der Waals surface area contributed by atoms with E-state index in [1.54, 1.807) is 49.9 Å². The number of carbonyl (C=O) groups excluding carboxylic acids is 3. The van der Waals surface area contributed by atoms with Gasteiger partial charge >= 0.3 is 0 Å². The van der Waals surface area contributed by atoms with E-state index >= 15 is 0 Å². The molecule has 2 heterocycles. The van der Waals surface area contributed by atoms with Crippen LogP contribution in [0.1, 0.15) is 54.6 Å². The molecule has 0 spiro atoms. The van der Waals surface area contributed by atoms with Gasteiger partial charge in [-0.05, 0) is 73.4 Å². The summed E-state index contributed by atoms with van der Waals surface area (Å²) in [4.78, 5) is 46.6. The van der Waals surface area contributed by atoms with Crippen molar-refractivity contribution in [3.05, 3.63) is 100 Å². The molecule has 0 saturated carbocycles. The second-order valence-corrected chi connectivity index (χ2v) is 11.0. The summed E-state index contributed by atoms with van der Waals surface area (Å²) in [6.07, 6.45) is 7.61. The van der Waals surface area contributed by atoms with Crippen molar-refractivity contribution in [2.45, 2.75) is 32.9 Å². The lowest BCUT2D eigenvalue weighted by Crippen LogP contribution is -2.55. The van der Waals surface area contributed by atoms with E-state index in [0.717, 1.165) is 0 Å². The Kier molecular flexibility index (Phi) is 10.5. The summed E-state index contributed by atoms with van der Waals surface area (Å²) in [5.41, 5.74) is 2.80. The zero-order valence-electron chi connectivity index (χ0n) is 26.2. The minimum absolute atomic E-state index is 0.100. The van der Waals surface area contributed by atoms with Crippen molar-refractivity contribution in [2.24, 2.45) is 0 Å². The van der Waals surface area contributed by atoms with Crippen LogP contribution in [-0.2, 0) is 4.79 Å². The molecular formula is C35H35FN6O4. The predicted molar refractivity (Wildman–Crippen MR) is 172 cm³/mol. The van der Waals surface area contributed by atoms with Crippen molar-refractivity contribution < 1.29 is 23.5 Å². The van der Waals surface area contributed by atoms with Gasteiger partial charge in [0.15, 0.2) is 0 Å². The highest BCUT2D eigenvalue weighted by Crippen LogP contribution is 2.31. The van der Waals surface area contributed by atoms with Crippen LogP contribution >= 0.6 is 0 Å². The molecule has 10 nitrogen and oxygen atoms in total. The third kappa shape index (κ3) is 7.40. The molecular weight excluding hydrogens is 587 g/mol. The van der Waals surface area contributed by atoms with Crippen LogP contribution in [0.15, 0.2) is 55.3 Å². The lowest BCUT2D eigenvalue weighted by molar-refractivity contribution is -0.129. The number of halogens is 1. The van der Waals surface area contributed by atoms with Crippen molar-refractivity contribution >= 4 is 23.5 Å². The van der Waals surface area contributed by atoms with Crippen LogP contribution in [0.25, 0.3) is 0 Å². The SMILES string of the molecule is C#C[C@@H]1CN(C[C@@H](Oc2cc(C)c(C(=O)Nc3ncc(C#N)cc3C)cc2C(=O)NC)c2ccc(C)c(F)c2)CCN1C(=O)C=C. The third-order valence-electron chi connectivity index (χ3n) is 7.86. The molecule has 0 bridgehead atoms. The van der Waals surface area contributed by atoms with Gasteiger partial charge in [-0.25, -0.2) is 9.37 Å². The van der Waals surface area contributed by atoms with E-state index in [0.29, 0.717) is 47.5 Å². The Balaban J connectivity index is 1.68. The molecule has 1 aromatic heterocycles. The number of nitrogens with one attached hydrogen (secondary N) is 2. The van der Waals surface area contributed by atoms with Crippen LogP contribution in [0.2, 0.25) is 0 Å². The van der Waals surface area contributed by atoms with Gasteiger partial charge in [-0.15, -0.1) is 6.42 Å². The van der Waals surface area contributed by atoms with Gasteiger partial charge < -0.3 is 20.3 Å². The molecule has 4 rings (SSSR count). The Morgan fingerprint density at radius 1 is 1.13 bits per heavy atom. The number of aromatic nitrogens is 1. The average molecular weight is 623 g/mol. The maximum Gasteiger partial charge on any atom is 0.257 e. The smallest absolute Gasteiger partial charge is 0.257 e. The van der Waals surface area contributed by atoms with Crippen molar-refractivity contribution in [1.82, 2.24) is 20.1 Å². The zero-order valence-corrected chi connectivity index (χ0v) is 26.2. The fraction of sp³-hybridized carbons (Fsp3) is 0.286. The van der Waals surface area contributed by atoms with Gasteiger partial charge in [-0.2, -0.15) is 5.26 Å². The first-order valence-corrected chi connectivity index (χ1v) is 14.6. The summed E-state index contributed by atoms with van der Waals surface area (Å²) in [6.45, 7) is 10.1. The topological polar surface area (TPSA) is 128 Å². The third-order valence-corrected chi connectivity index (χ3v) is 7.86. The summed E-state index contributed by atoms with van der Waals surface area (Å²) >= 11 is 0. The van der Waals surface area contributed by atoms with Crippen LogP contribution in [0.3, 0.4) is 0 Å². The maximum absolute atomic E-state index is 14.8. The number of piperazine rings is 1. The fourth-order valence-corrected chi connectivity index (χ4v) is 5.21. The number of benzene rings is 2. The van der Waals surface area contributed by atoms with Gasteiger partial charge in [0.1, 0.15) is 35.6 Å². The Labute approximate surface area is 267 Å². The number of aryl methyl sites for hydroxylation is 3. The Bertz CT molecular complexity index is 1780. The monoisotopic (exact) mass is 622 g/mol. The number of amides is 3. The highest BCUT2D eigenvalue weighted by molar-refractivity contribution is 6.07. The molecule has 236 valence electrons. The number of hydrogen-bond acceptors (Lipinski definition) is 7. The van der Waals surface area contributed by atoms with Crippen molar-refractivity contribution in [3.8, 4) is 24.2 Å². The number of carbonyl (C=O) groups is 3. The quantitative estimate of drug-likeness (QED) is 0.272. The van der Waals surface area contributed by atoms with Crippen LogP contribution in [0, 0.1) is 50.3 Å². The molecule has 11 heteroatoms. The van der Waals surface area contributed by atoms with Gasteiger partial charge in [0.05, 0.1) is 11.1 Å². The largest absolute Gasteiger partial charge is 0.484 e. The lowest BCUT2D eigenvalue weighted by atomic mass is 10.0. The van der Waals surface area contributed by atoms with Crippen LogP contribution < -0.4 is 15.4 Å². The highest BCUT2D eigenvalue weighted by atomic mass is 19.1. The number of hydrogen-bond donors (Lipinski definition) is 2. The van der Waals surface area contributed by atoms with Crippen LogP contribution in [0.4, 0.5) is 10.2 Å². The molecule has 0 unspecified atom stereocenters. The van der Waals surface area contributed by atoms with Gasteiger partial charge in [-0.1, -0.05) is 24.6 Å². The van der Waals surface area contributed by atoms with Gasteiger partial charge in [0.2, 0.25) is 5.91 Å². The molecule has 46 heavy (non-hydrogen) atoms. The number of anilines is 1. The average Bonchev–Trinajstić information content (AvgIpc) is 3.05. The van der Waals surface area contributed by atoms with E-state index in [4.69, 9.17) is 16.4 Å². The Hall–Kier alpha value is -5.52. The maximum atomic E-state index is 14.8. The van der Waals surface area contributed by atoms with Gasteiger partial charge in [0, 0.05) is 45.0 Å². The van der Waals surface area contributed by atoms with E-state index in [9.17, 15) is 18.8 Å². The fourth-order valence-electron chi connectivity index (χ4n) is 5.21. The number of nitriles is 1. The molecule has 1 aliphatic heterocycles. The Morgan fingerprint density at radius 3 is 2.52 bits per heavy atom. The standard InChI is InChI=1S/C35H35FN6O4/c1-7-26-19-41(11-12-42(26)32(43)8-2)20-31(25-10-9-21(3)29(36)15-25)46-30-14-22(4)27(16-28(30)34(44)38-6)35(45)40-33-23(5)13-24(17-37)18-39-33/h1,8-10,13-16,18,26,31H,2,11-12,19-20H2,3-6H3,(H,38,44)(H,39,40,45)/t26-,31-/m1/s1. The number of nitrogens with zero attached hydrogens (tertiary/aromatic N) is 4. The van der Waals surface area contributed by atoms with Crippen LogP contribution in [0.5, 0.6) is 5.75 Å². The first-order chi connectivity index (χ1) is 22.0. The van der Waals surface area contributed by atoms with E-state index in [1.807, 2.05) is 11.0 Å². The zero-order chi connectivity index (χ0) is 33.5. The molecule has 3 amide bonds. The first kappa shape index (κ1) is 33.4. The summed E-state index contributed by atoms with van der Waals surface area (Å²) < 4.78 is 21.3. The van der Waals surface area contributed by atoms with E-state index in [-0.39, 0.29) is 35.1 Å². The van der Waals surface area contributed by atoms with E-state index in [1.165, 1.54) is 31.5 Å². The molecule has 2 N–H and O–H groups in total. The minimum atomic E-state index is -0.747. The summed E-state index contributed by atoms with van der Waals surface area (Å²) in [5.74, 6) is 1.49. The van der Waals surface area contributed by atoms with E-state index < -0.39 is 29.8 Å². The van der Waals surface area contributed by atoms with Crippen molar-refractivity contribution in [2.75, 3.05) is 38.5 Å². The van der Waals surface area contributed by atoms with Crippen LogP contribution in [-0.4, -0.2) is 71.8 Å². The normalized spacial score (nSPS) is 15.2. The molecule has 0 aliphatic carbocycles. The van der Waals surface area contributed by atoms with Crippen molar-refractivity contribution in [3.63, 3.8) is 0 Å². The summed E-state index contributed by atoms with van der Waals surface area (Å²) in [7, 11) is 1.46. The number of rotatable bonds is 9. The molecule has 1 saturated heterocycles. The summed E-state index contributed by atoms with van der Waals surface area (Å²) in [6, 6.07) is 11.0. The predicted octanol–water partition coefficient (Wildman–Crippen LogP) is 4.08. The number of terminal acetylenes is 1. The molecule has 3 aromatic rings. The molecule has 1 aliphatic rings. The summed E-state index contributed by atoms with van der Waals surface area (Å²) in [5, 5.41) is 14.5. The minimum Gasteiger partial charge on any atom is -0.484 e.